The zero-order chi connectivity index (χ0) is 17.7. The Hall–Kier alpha value is -1.83. The molecule has 1 aliphatic rings. The van der Waals surface area contributed by atoms with Gasteiger partial charge in [-0.3, -0.25) is 4.79 Å². The molecule has 1 fully saturated rings. The van der Waals surface area contributed by atoms with Crippen molar-refractivity contribution in [3.05, 3.63) is 29.6 Å². The fourth-order valence-electron chi connectivity index (χ4n) is 2.57. The van der Waals surface area contributed by atoms with Crippen molar-refractivity contribution in [1.82, 2.24) is 5.32 Å². The minimum atomic E-state index is -4.37. The lowest BCUT2D eigenvalue weighted by Gasteiger charge is -2.31. The number of rotatable bonds is 5. The molecule has 0 radical (unpaired) electrons. The molecule has 1 aromatic rings. The number of nitrogens with one attached hydrogen (secondary N) is 1. The predicted molar refractivity (Wildman–Crippen MR) is 81.0 cm³/mol. The summed E-state index contributed by atoms with van der Waals surface area (Å²) in [6.07, 6.45) is -5.37. The number of anilines is 1. The highest BCUT2D eigenvalue weighted by Gasteiger charge is 2.27. The lowest BCUT2D eigenvalue weighted by atomic mass is 10.1. The van der Waals surface area contributed by atoms with Crippen molar-refractivity contribution in [3.8, 4) is 0 Å². The van der Waals surface area contributed by atoms with Crippen LogP contribution in [0.25, 0.3) is 0 Å². The van der Waals surface area contributed by atoms with Crippen molar-refractivity contribution in [2.75, 3.05) is 18.0 Å². The summed E-state index contributed by atoms with van der Waals surface area (Å²) in [7, 11) is 0. The van der Waals surface area contributed by atoms with Crippen LogP contribution in [0.15, 0.2) is 18.2 Å². The standard InChI is InChI=1S/C16H20F4N2O2/c17-13-9-11(10-21-15(24)3-6-16(18,19)20)1-2-14(13)22-7-4-12(23)5-8-22/h1-2,9,12,23H,3-8,10H2,(H,21,24). The maximum atomic E-state index is 14.2. The Morgan fingerprint density at radius 2 is 1.96 bits per heavy atom. The summed E-state index contributed by atoms with van der Waals surface area (Å²) in [5.74, 6) is -1.17. The number of hydrogen-bond donors (Lipinski definition) is 2. The molecule has 1 aliphatic heterocycles. The number of benzene rings is 1. The SMILES string of the molecule is O=C(CCC(F)(F)F)NCc1ccc(N2CCC(O)CC2)c(F)c1. The molecule has 0 aromatic heterocycles. The number of aliphatic hydroxyl groups is 1. The lowest BCUT2D eigenvalue weighted by Crippen LogP contribution is -2.36. The topological polar surface area (TPSA) is 52.6 Å². The van der Waals surface area contributed by atoms with Crippen LogP contribution in [0.5, 0.6) is 0 Å². The van der Waals surface area contributed by atoms with E-state index in [2.05, 4.69) is 5.32 Å². The molecule has 134 valence electrons. The Morgan fingerprint density at radius 1 is 1.29 bits per heavy atom. The van der Waals surface area contributed by atoms with Gasteiger partial charge in [0.05, 0.1) is 18.2 Å². The van der Waals surface area contributed by atoms with Gasteiger partial charge in [-0.25, -0.2) is 4.39 Å². The highest BCUT2D eigenvalue weighted by molar-refractivity contribution is 5.75. The van der Waals surface area contributed by atoms with Gasteiger partial charge >= 0.3 is 6.18 Å². The first-order valence-corrected chi connectivity index (χ1v) is 7.79. The molecule has 0 aliphatic carbocycles. The van der Waals surface area contributed by atoms with E-state index in [1.165, 1.54) is 6.07 Å². The molecule has 2 N–H and O–H groups in total. The normalized spacial score (nSPS) is 16.3. The summed E-state index contributed by atoms with van der Waals surface area (Å²) in [5, 5.41) is 11.8. The molecule has 1 aromatic carbocycles. The zero-order valence-electron chi connectivity index (χ0n) is 13.1. The first kappa shape index (κ1) is 18.5. The summed E-state index contributed by atoms with van der Waals surface area (Å²) in [6.45, 7) is 1.10. The molecule has 0 bridgehead atoms. The lowest BCUT2D eigenvalue weighted by molar-refractivity contribution is -0.144. The van der Waals surface area contributed by atoms with E-state index >= 15 is 0 Å². The van der Waals surface area contributed by atoms with Crippen LogP contribution in [-0.4, -0.2) is 36.4 Å². The second-order valence-electron chi connectivity index (χ2n) is 5.90. The third kappa shape index (κ3) is 5.67. The molecule has 1 heterocycles. The fraction of sp³-hybridized carbons (Fsp3) is 0.562. The van der Waals surface area contributed by atoms with Crippen molar-refractivity contribution in [2.24, 2.45) is 0 Å². The number of piperidine rings is 1. The first-order valence-electron chi connectivity index (χ1n) is 7.79. The monoisotopic (exact) mass is 348 g/mol. The first-order chi connectivity index (χ1) is 11.2. The zero-order valence-corrected chi connectivity index (χ0v) is 13.1. The van der Waals surface area contributed by atoms with E-state index in [4.69, 9.17) is 0 Å². The van der Waals surface area contributed by atoms with Gasteiger partial charge in [0.25, 0.3) is 0 Å². The Balaban J connectivity index is 1.87. The van der Waals surface area contributed by atoms with E-state index in [0.717, 1.165) is 0 Å². The van der Waals surface area contributed by atoms with Gasteiger partial charge < -0.3 is 15.3 Å². The van der Waals surface area contributed by atoms with Gasteiger partial charge in [-0.2, -0.15) is 13.2 Å². The van der Waals surface area contributed by atoms with Gasteiger partial charge in [0.2, 0.25) is 5.91 Å². The average Bonchev–Trinajstić information content (AvgIpc) is 2.51. The molecule has 1 amide bonds. The summed E-state index contributed by atoms with van der Waals surface area (Å²) in [4.78, 5) is 13.2. The Labute approximate surface area is 137 Å². The Kier molecular flexibility index (Phi) is 6.04. The van der Waals surface area contributed by atoms with Crippen LogP contribution in [0.1, 0.15) is 31.2 Å². The summed E-state index contributed by atoms with van der Waals surface area (Å²) in [5.41, 5.74) is 0.905. The number of aliphatic hydroxyl groups excluding tert-OH is 1. The average molecular weight is 348 g/mol. The molecule has 24 heavy (non-hydrogen) atoms. The number of hydrogen-bond acceptors (Lipinski definition) is 3. The molecule has 0 unspecified atom stereocenters. The smallest absolute Gasteiger partial charge is 0.389 e. The van der Waals surface area contributed by atoms with Gasteiger partial charge in [-0.15, -0.1) is 0 Å². The van der Waals surface area contributed by atoms with Crippen molar-refractivity contribution in [2.45, 2.75) is 44.5 Å². The van der Waals surface area contributed by atoms with Crippen LogP contribution in [0.2, 0.25) is 0 Å². The minimum absolute atomic E-state index is 0.0212. The maximum Gasteiger partial charge on any atom is 0.389 e. The van der Waals surface area contributed by atoms with Crippen LogP contribution in [0.4, 0.5) is 23.2 Å². The molecular weight excluding hydrogens is 328 g/mol. The number of amides is 1. The summed E-state index contributed by atoms with van der Waals surface area (Å²) < 4.78 is 50.3. The Morgan fingerprint density at radius 3 is 2.54 bits per heavy atom. The van der Waals surface area contributed by atoms with Crippen LogP contribution in [-0.2, 0) is 11.3 Å². The quantitative estimate of drug-likeness (QED) is 0.805. The molecular formula is C16H20F4N2O2. The predicted octanol–water partition coefficient (Wildman–Crippen LogP) is 2.75. The third-order valence-corrected chi connectivity index (χ3v) is 3.94. The van der Waals surface area contributed by atoms with Crippen molar-refractivity contribution in [1.29, 1.82) is 0 Å². The van der Waals surface area contributed by atoms with Crippen molar-refractivity contribution in [3.63, 3.8) is 0 Å². The van der Waals surface area contributed by atoms with Gasteiger partial charge in [0.15, 0.2) is 0 Å². The van der Waals surface area contributed by atoms with E-state index in [-0.39, 0.29) is 12.6 Å². The molecule has 4 nitrogen and oxygen atoms in total. The molecule has 2 rings (SSSR count). The van der Waals surface area contributed by atoms with E-state index in [0.29, 0.717) is 37.2 Å². The molecule has 0 saturated carbocycles. The second-order valence-corrected chi connectivity index (χ2v) is 5.90. The number of carbonyl (C=O) groups is 1. The van der Waals surface area contributed by atoms with Gasteiger partial charge in [-0.05, 0) is 30.5 Å². The fourth-order valence-corrected chi connectivity index (χ4v) is 2.57. The van der Waals surface area contributed by atoms with Crippen molar-refractivity contribution < 1.29 is 27.5 Å². The van der Waals surface area contributed by atoms with Gasteiger partial charge in [-0.1, -0.05) is 6.07 Å². The minimum Gasteiger partial charge on any atom is -0.393 e. The van der Waals surface area contributed by atoms with Crippen LogP contribution >= 0.6 is 0 Å². The number of nitrogens with zero attached hydrogens (tertiary/aromatic N) is 1. The molecule has 0 atom stereocenters. The Bertz CT molecular complexity index is 570. The van der Waals surface area contributed by atoms with Crippen molar-refractivity contribution >= 4 is 11.6 Å². The summed E-state index contributed by atoms with van der Waals surface area (Å²) >= 11 is 0. The number of carbonyl (C=O) groups excluding carboxylic acids is 1. The number of alkyl halides is 3. The van der Waals surface area contributed by atoms with Crippen LogP contribution in [0.3, 0.4) is 0 Å². The van der Waals surface area contributed by atoms with Crippen LogP contribution in [0, 0.1) is 5.82 Å². The second kappa shape index (κ2) is 7.83. The van der Waals surface area contributed by atoms with Gasteiger partial charge in [0.1, 0.15) is 5.82 Å². The van der Waals surface area contributed by atoms with E-state index < -0.39 is 30.7 Å². The van der Waals surface area contributed by atoms with E-state index in [9.17, 15) is 27.5 Å². The largest absolute Gasteiger partial charge is 0.393 e. The summed E-state index contributed by atoms with van der Waals surface area (Å²) in [6, 6.07) is 4.49. The third-order valence-electron chi connectivity index (χ3n) is 3.94. The molecule has 1 saturated heterocycles. The maximum absolute atomic E-state index is 14.2. The molecule has 8 heteroatoms. The van der Waals surface area contributed by atoms with E-state index in [1.54, 1.807) is 12.1 Å². The number of halogens is 4. The highest BCUT2D eigenvalue weighted by atomic mass is 19.4. The highest BCUT2D eigenvalue weighted by Crippen LogP contribution is 2.24. The molecule has 0 spiro atoms. The van der Waals surface area contributed by atoms with E-state index in [1.807, 2.05) is 4.90 Å². The van der Waals surface area contributed by atoms with Gasteiger partial charge in [0, 0.05) is 26.1 Å². The van der Waals surface area contributed by atoms with Crippen LogP contribution < -0.4 is 10.2 Å².